The Balaban J connectivity index is 1.56. The quantitative estimate of drug-likeness (QED) is 0.301. The molecule has 178 valence electrons. The molecule has 2 nitrogen and oxygen atoms in total. The molecule has 2 fully saturated rings. The monoisotopic (exact) mass is 466 g/mol. The fourth-order valence-corrected chi connectivity index (χ4v) is 8.99. The van der Waals surface area contributed by atoms with Gasteiger partial charge >= 0.3 is 0 Å². The van der Waals surface area contributed by atoms with Crippen molar-refractivity contribution >= 4 is 23.5 Å². The summed E-state index contributed by atoms with van der Waals surface area (Å²) >= 11 is 4.52. The van der Waals surface area contributed by atoms with Crippen LogP contribution in [0, 0.1) is 11.3 Å². The molecule has 0 radical (unpaired) electrons. The number of rotatable bonds is 10. The highest BCUT2D eigenvalue weighted by atomic mass is 32.2. The van der Waals surface area contributed by atoms with Gasteiger partial charge < -0.3 is 9.47 Å². The van der Waals surface area contributed by atoms with Crippen LogP contribution < -0.4 is 0 Å². The lowest BCUT2D eigenvalue weighted by atomic mass is 9.65. The summed E-state index contributed by atoms with van der Waals surface area (Å²) in [5.41, 5.74) is 3.37. The molecule has 0 amide bonds. The second-order valence-corrected chi connectivity index (χ2v) is 13.7. The third kappa shape index (κ3) is 7.83. The topological polar surface area (TPSA) is 18.5 Å². The number of allylic oxidation sites excluding steroid dienone is 3. The maximum atomic E-state index is 6.30. The van der Waals surface area contributed by atoms with Gasteiger partial charge in [-0.25, -0.2) is 0 Å². The van der Waals surface area contributed by atoms with Crippen LogP contribution in [0.5, 0.6) is 0 Å². The van der Waals surface area contributed by atoms with Crippen LogP contribution >= 0.6 is 23.5 Å². The minimum Gasteiger partial charge on any atom is -0.353 e. The number of hydrogen-bond acceptors (Lipinski definition) is 4. The van der Waals surface area contributed by atoms with Gasteiger partial charge in [0.05, 0.1) is 10.7 Å². The Morgan fingerprint density at radius 2 is 1.97 bits per heavy atom. The Hall–Kier alpha value is 0.1000. The molecule has 31 heavy (non-hydrogen) atoms. The van der Waals surface area contributed by atoms with Gasteiger partial charge in [-0.2, -0.15) is 0 Å². The van der Waals surface area contributed by atoms with Gasteiger partial charge in [0.25, 0.3) is 0 Å². The van der Waals surface area contributed by atoms with Crippen LogP contribution in [-0.4, -0.2) is 35.1 Å². The zero-order valence-corrected chi connectivity index (χ0v) is 22.2. The lowest BCUT2D eigenvalue weighted by Crippen LogP contribution is -2.37. The zero-order chi connectivity index (χ0) is 22.2. The molecular formula is C27H46O2S2. The average molecular weight is 467 g/mol. The highest BCUT2D eigenvalue weighted by Gasteiger charge is 2.39. The molecule has 0 saturated carbocycles. The zero-order valence-electron chi connectivity index (χ0n) is 20.5. The predicted octanol–water partition coefficient (Wildman–Crippen LogP) is 8.38. The molecule has 2 saturated heterocycles. The molecule has 0 spiro atoms. The summed E-state index contributed by atoms with van der Waals surface area (Å²) < 4.78 is 12.6. The lowest BCUT2D eigenvalue weighted by molar-refractivity contribution is -0.173. The third-order valence-corrected chi connectivity index (χ3v) is 11.1. The van der Waals surface area contributed by atoms with Crippen LogP contribution in [0.3, 0.4) is 0 Å². The molecular weight excluding hydrogens is 420 g/mol. The second kappa shape index (κ2) is 12.5. The van der Waals surface area contributed by atoms with E-state index in [0.717, 1.165) is 19.6 Å². The smallest absolute Gasteiger partial charge is 0.157 e. The van der Waals surface area contributed by atoms with Gasteiger partial charge in [0, 0.05) is 12.5 Å². The predicted molar refractivity (Wildman–Crippen MR) is 139 cm³/mol. The van der Waals surface area contributed by atoms with Crippen LogP contribution in [0.15, 0.2) is 23.3 Å². The maximum Gasteiger partial charge on any atom is 0.157 e. The van der Waals surface area contributed by atoms with Gasteiger partial charge in [0.2, 0.25) is 0 Å². The van der Waals surface area contributed by atoms with Crippen LogP contribution in [0.2, 0.25) is 0 Å². The standard InChI is InChI=1S/C27H46O2S2/c1-22(2)11-7-16-27(30-19-10-20-31-27)17-9-15-26(4)14-8-12-23(3)24(26)21-29-25-13-5-6-18-28-25/h11-12,24-25H,5-10,13-21H2,1-4H3/t24?,25?,26-/m1/s1. The highest BCUT2D eigenvalue weighted by Crippen LogP contribution is 2.51. The molecule has 0 aromatic rings. The van der Waals surface area contributed by atoms with Gasteiger partial charge in [-0.1, -0.05) is 36.6 Å². The van der Waals surface area contributed by atoms with Crippen molar-refractivity contribution in [2.75, 3.05) is 24.7 Å². The highest BCUT2D eigenvalue weighted by molar-refractivity contribution is 8.18. The number of ether oxygens (including phenoxy) is 2. The Labute approximate surface area is 200 Å². The molecule has 3 atom stereocenters. The Morgan fingerprint density at radius 3 is 2.68 bits per heavy atom. The Kier molecular flexibility index (Phi) is 10.4. The van der Waals surface area contributed by atoms with Crippen molar-refractivity contribution in [1.29, 1.82) is 0 Å². The molecule has 0 N–H and O–H groups in total. The fourth-order valence-electron chi connectivity index (χ4n) is 5.55. The van der Waals surface area contributed by atoms with E-state index in [1.165, 1.54) is 81.3 Å². The summed E-state index contributed by atoms with van der Waals surface area (Å²) in [6.45, 7) is 11.0. The van der Waals surface area contributed by atoms with Gasteiger partial charge in [-0.05, 0) is 102 Å². The third-order valence-electron chi connectivity index (χ3n) is 7.56. The molecule has 0 aromatic carbocycles. The van der Waals surface area contributed by atoms with Crippen molar-refractivity contribution in [3.05, 3.63) is 23.3 Å². The van der Waals surface area contributed by atoms with Gasteiger partial charge in [-0.3, -0.25) is 0 Å². The SMILES string of the molecule is CC(C)=CCCC1(CCC[C@@]2(C)CCC=C(C)C2COC2CCCCO2)SCCCS1. The van der Waals surface area contributed by atoms with Crippen molar-refractivity contribution in [1.82, 2.24) is 0 Å². The second-order valence-electron chi connectivity index (χ2n) is 10.5. The molecule has 1 aliphatic carbocycles. The van der Waals surface area contributed by atoms with Crippen LogP contribution in [0.1, 0.15) is 98.3 Å². The minimum absolute atomic E-state index is 0.0288. The molecule has 0 bridgehead atoms. The minimum atomic E-state index is 0.0288. The van der Waals surface area contributed by atoms with Crippen molar-refractivity contribution in [2.45, 2.75) is 109 Å². The van der Waals surface area contributed by atoms with Gasteiger partial charge in [-0.15, -0.1) is 23.5 Å². The summed E-state index contributed by atoms with van der Waals surface area (Å²) in [4.78, 5) is 0. The molecule has 4 heteroatoms. The lowest BCUT2D eigenvalue weighted by Gasteiger charge is -2.43. The summed E-state index contributed by atoms with van der Waals surface area (Å²) in [6.07, 6.45) is 18.9. The van der Waals surface area contributed by atoms with Crippen molar-refractivity contribution in [3.8, 4) is 0 Å². The Bertz CT molecular complexity index is 598. The molecule has 3 rings (SSSR count). The summed E-state index contributed by atoms with van der Waals surface area (Å²) in [6, 6.07) is 0. The summed E-state index contributed by atoms with van der Waals surface area (Å²) in [5.74, 6) is 3.23. The van der Waals surface area contributed by atoms with Crippen LogP contribution in [0.4, 0.5) is 0 Å². The Morgan fingerprint density at radius 1 is 1.16 bits per heavy atom. The van der Waals surface area contributed by atoms with Crippen molar-refractivity contribution in [3.63, 3.8) is 0 Å². The fraction of sp³-hybridized carbons (Fsp3) is 0.852. The first-order valence-electron chi connectivity index (χ1n) is 12.7. The maximum absolute atomic E-state index is 6.30. The van der Waals surface area contributed by atoms with E-state index < -0.39 is 0 Å². The molecule has 2 unspecified atom stereocenters. The van der Waals surface area contributed by atoms with Crippen LogP contribution in [-0.2, 0) is 9.47 Å². The van der Waals surface area contributed by atoms with E-state index >= 15 is 0 Å². The number of hydrogen-bond donors (Lipinski definition) is 0. The van der Waals surface area contributed by atoms with Crippen LogP contribution in [0.25, 0.3) is 0 Å². The molecule has 2 aliphatic heterocycles. The van der Waals surface area contributed by atoms with Crippen molar-refractivity contribution < 1.29 is 9.47 Å². The van der Waals surface area contributed by atoms with E-state index in [0.29, 0.717) is 15.4 Å². The number of thioether (sulfide) groups is 2. The van der Waals surface area contributed by atoms with E-state index in [2.05, 4.69) is 63.4 Å². The average Bonchev–Trinajstić information content (AvgIpc) is 2.74. The molecule has 0 aromatic heterocycles. The van der Waals surface area contributed by atoms with Gasteiger partial charge in [0.1, 0.15) is 0 Å². The first kappa shape index (κ1) is 25.7. The van der Waals surface area contributed by atoms with E-state index in [-0.39, 0.29) is 6.29 Å². The normalized spacial score (nSPS) is 31.2. The summed E-state index contributed by atoms with van der Waals surface area (Å²) in [5, 5.41) is 0. The summed E-state index contributed by atoms with van der Waals surface area (Å²) in [7, 11) is 0. The molecule has 2 heterocycles. The first-order valence-corrected chi connectivity index (χ1v) is 14.7. The first-order chi connectivity index (χ1) is 14.9. The van der Waals surface area contributed by atoms with Crippen molar-refractivity contribution in [2.24, 2.45) is 11.3 Å². The van der Waals surface area contributed by atoms with E-state index in [1.807, 2.05) is 0 Å². The van der Waals surface area contributed by atoms with Gasteiger partial charge in [0.15, 0.2) is 6.29 Å². The molecule has 3 aliphatic rings. The largest absolute Gasteiger partial charge is 0.353 e. The van der Waals surface area contributed by atoms with E-state index in [4.69, 9.17) is 9.47 Å². The van der Waals surface area contributed by atoms with E-state index in [9.17, 15) is 0 Å². The van der Waals surface area contributed by atoms with E-state index in [1.54, 1.807) is 5.57 Å².